The van der Waals surface area contributed by atoms with Crippen molar-refractivity contribution in [2.45, 2.75) is 85.1 Å². The molecule has 1 heterocycles. The van der Waals surface area contributed by atoms with Crippen LogP contribution in [0, 0.1) is 11.3 Å². The number of aliphatic carboxylic acids is 1. The third kappa shape index (κ3) is 11.4. The first kappa shape index (κ1) is 40.6. The van der Waals surface area contributed by atoms with E-state index in [0.717, 1.165) is 5.56 Å². The third-order valence-electron chi connectivity index (χ3n) is 7.97. The van der Waals surface area contributed by atoms with Crippen molar-refractivity contribution in [3.8, 4) is 0 Å². The van der Waals surface area contributed by atoms with Crippen LogP contribution >= 0.6 is 0 Å². The zero-order valence-electron chi connectivity index (χ0n) is 28.6. The van der Waals surface area contributed by atoms with Crippen LogP contribution in [0.4, 0.5) is 13.2 Å². The molecule has 0 aromatic heterocycles. The van der Waals surface area contributed by atoms with Crippen molar-refractivity contribution in [1.29, 1.82) is 0 Å². The van der Waals surface area contributed by atoms with Gasteiger partial charge in [-0.25, -0.2) is 4.79 Å². The average molecular weight is 657 g/mol. The summed E-state index contributed by atoms with van der Waals surface area (Å²) in [5, 5.41) is 13.4. The fourth-order valence-electron chi connectivity index (χ4n) is 5.17. The van der Waals surface area contributed by atoms with Gasteiger partial charge in [-0.05, 0) is 30.9 Å². The fourth-order valence-corrected chi connectivity index (χ4v) is 5.17. The van der Waals surface area contributed by atoms with Crippen molar-refractivity contribution in [2.24, 2.45) is 11.3 Å². The van der Waals surface area contributed by atoms with E-state index in [1.165, 1.54) is 0 Å². The predicted molar refractivity (Wildman–Crippen MR) is 170 cm³/mol. The van der Waals surface area contributed by atoms with Gasteiger partial charge in [0, 0.05) is 31.1 Å². The zero-order valence-corrected chi connectivity index (χ0v) is 28.6. The summed E-state index contributed by atoms with van der Waals surface area (Å²) in [6.45, 7) is 18.0. The van der Waals surface area contributed by atoms with E-state index in [1.54, 1.807) is 30.8 Å². The number of carbonyl (C=O) groups is 4. The van der Waals surface area contributed by atoms with Gasteiger partial charge >= 0.3 is 12.1 Å². The van der Waals surface area contributed by atoms with E-state index in [-0.39, 0.29) is 29.7 Å². The van der Waals surface area contributed by atoms with Crippen molar-refractivity contribution in [3.05, 3.63) is 47.5 Å². The number of carbonyl (C=O) groups excluding carboxylic acids is 3. The Bertz CT molecular complexity index is 1210. The Kier molecular flexibility index (Phi) is 14.9. The van der Waals surface area contributed by atoms with E-state index in [2.05, 4.69) is 10.6 Å². The number of benzene rings is 1. The Morgan fingerprint density at radius 2 is 1.48 bits per heavy atom. The summed E-state index contributed by atoms with van der Waals surface area (Å²) in [4.78, 5) is 53.1. The molecule has 10 nitrogen and oxygen atoms in total. The number of halogens is 3. The van der Waals surface area contributed by atoms with Crippen LogP contribution in [0.5, 0.6) is 0 Å². The van der Waals surface area contributed by atoms with Crippen molar-refractivity contribution in [1.82, 2.24) is 20.4 Å². The lowest BCUT2D eigenvalue weighted by Gasteiger charge is -2.40. The summed E-state index contributed by atoms with van der Waals surface area (Å²) in [7, 11) is 3.52. The first-order valence-corrected chi connectivity index (χ1v) is 15.2. The Balaban J connectivity index is 0.00000135. The lowest BCUT2D eigenvalue weighted by Crippen LogP contribution is -2.61. The maximum Gasteiger partial charge on any atom is 0.490 e. The minimum Gasteiger partial charge on any atom is -0.475 e. The maximum atomic E-state index is 14.0. The van der Waals surface area contributed by atoms with Crippen LogP contribution in [-0.4, -0.2) is 103 Å². The van der Waals surface area contributed by atoms with Gasteiger partial charge in [-0.3, -0.25) is 14.4 Å². The number of ether oxygens (including phenoxy) is 1. The molecule has 0 radical (unpaired) electrons. The highest BCUT2D eigenvalue weighted by atomic mass is 19.4. The zero-order chi connectivity index (χ0) is 35.6. The minimum absolute atomic E-state index is 0.0366. The highest BCUT2D eigenvalue weighted by molar-refractivity contribution is 5.94. The van der Waals surface area contributed by atoms with Gasteiger partial charge in [-0.1, -0.05) is 84.9 Å². The quantitative estimate of drug-likeness (QED) is 0.325. The first-order chi connectivity index (χ1) is 21.1. The van der Waals surface area contributed by atoms with Crippen LogP contribution < -0.4 is 10.6 Å². The monoisotopic (exact) mass is 656 g/mol. The topological polar surface area (TPSA) is 128 Å². The molecular weight excluding hydrogens is 605 g/mol. The first-order valence-electron chi connectivity index (χ1n) is 15.2. The molecule has 46 heavy (non-hydrogen) atoms. The van der Waals surface area contributed by atoms with E-state index in [0.29, 0.717) is 31.9 Å². The molecule has 1 aliphatic heterocycles. The van der Waals surface area contributed by atoms with Crippen molar-refractivity contribution in [2.75, 3.05) is 40.4 Å². The van der Waals surface area contributed by atoms with Crippen LogP contribution in [-0.2, 0) is 29.3 Å². The second-order valence-corrected chi connectivity index (χ2v) is 13.4. The number of amides is 3. The number of rotatable bonds is 10. The number of likely N-dealkylation sites (N-methyl/N-ethyl adjacent to an activating group) is 2. The maximum absolute atomic E-state index is 14.0. The van der Waals surface area contributed by atoms with Crippen LogP contribution in [0.25, 0.3) is 0 Å². The molecule has 0 spiro atoms. The fraction of sp³-hybridized carbons (Fsp3) is 0.636. The number of morpholine rings is 1. The molecule has 2 rings (SSSR count). The lowest BCUT2D eigenvalue weighted by atomic mass is 9.76. The number of nitrogens with zero attached hydrogens (tertiary/aromatic N) is 2. The number of carboxylic acids is 1. The molecule has 3 amide bonds. The summed E-state index contributed by atoms with van der Waals surface area (Å²) < 4.78 is 37.1. The van der Waals surface area contributed by atoms with Crippen molar-refractivity contribution < 1.29 is 42.2 Å². The molecule has 1 saturated heterocycles. The third-order valence-corrected chi connectivity index (χ3v) is 7.97. The number of nitrogens with one attached hydrogen (secondary N) is 2. The molecule has 0 bridgehead atoms. The Labute approximate surface area is 270 Å². The molecule has 1 fully saturated rings. The molecule has 1 aromatic rings. The van der Waals surface area contributed by atoms with Crippen LogP contribution in [0.2, 0.25) is 0 Å². The second-order valence-electron chi connectivity index (χ2n) is 13.4. The van der Waals surface area contributed by atoms with E-state index >= 15 is 0 Å². The van der Waals surface area contributed by atoms with Crippen molar-refractivity contribution in [3.63, 3.8) is 0 Å². The van der Waals surface area contributed by atoms with E-state index < -0.39 is 35.1 Å². The lowest BCUT2D eigenvalue weighted by molar-refractivity contribution is -0.192. The van der Waals surface area contributed by atoms with Crippen LogP contribution in [0.3, 0.4) is 0 Å². The largest absolute Gasteiger partial charge is 0.490 e. The molecule has 1 aromatic carbocycles. The smallest absolute Gasteiger partial charge is 0.475 e. The van der Waals surface area contributed by atoms with Gasteiger partial charge in [0.2, 0.25) is 17.7 Å². The molecule has 0 unspecified atom stereocenters. The highest BCUT2D eigenvalue weighted by Crippen LogP contribution is 2.29. The summed E-state index contributed by atoms with van der Waals surface area (Å²) in [6, 6.07) is 8.26. The van der Waals surface area contributed by atoms with E-state index in [4.69, 9.17) is 14.6 Å². The van der Waals surface area contributed by atoms with Gasteiger partial charge in [0.1, 0.15) is 6.04 Å². The second kappa shape index (κ2) is 16.9. The number of carboxylic acid groups (broad SMARTS) is 1. The standard InChI is InChI=1S/C31H50N4O4.C2HF3O2/c1-21(2)24(20-22(3)28(37)35-16-18-39-19-17-35)34(10)29(38)26(30(4,5)6)33-27(36)25(32-9)31(7,8)23-14-12-11-13-15-23;3-2(4,5)1(6)7/h11-15,20-21,24-26,32H,16-19H2,1-10H3,(H,33,36);(H,6,7)/b22-20+;/t24-,25-,26-;/m1./s1. The van der Waals surface area contributed by atoms with E-state index in [1.807, 2.05) is 84.9 Å². The summed E-state index contributed by atoms with van der Waals surface area (Å²) in [5.41, 5.74) is 0.574. The van der Waals surface area contributed by atoms with Gasteiger partial charge in [0.25, 0.3) is 0 Å². The summed E-state index contributed by atoms with van der Waals surface area (Å²) in [5.74, 6) is -3.16. The van der Waals surface area contributed by atoms with Crippen LogP contribution in [0.1, 0.15) is 61.0 Å². The Hall–Kier alpha value is -3.45. The predicted octanol–water partition coefficient (Wildman–Crippen LogP) is 4.00. The number of alkyl halides is 3. The molecule has 0 saturated carbocycles. The SMILES string of the molecule is CN[C@H](C(=O)N[C@H](C(=O)N(C)[C@H](/C=C(\C)C(=O)N1CCOCC1)C(C)C)C(C)(C)C)C(C)(C)c1ccccc1.O=C(O)C(F)(F)F. The van der Waals surface area contributed by atoms with Gasteiger partial charge in [-0.15, -0.1) is 0 Å². The van der Waals surface area contributed by atoms with Crippen molar-refractivity contribution >= 4 is 23.7 Å². The Morgan fingerprint density at radius 3 is 1.89 bits per heavy atom. The molecule has 0 aliphatic carbocycles. The molecule has 3 atom stereocenters. The van der Waals surface area contributed by atoms with Crippen LogP contribution in [0.15, 0.2) is 42.0 Å². The Morgan fingerprint density at radius 1 is 0.978 bits per heavy atom. The molecule has 1 aliphatic rings. The highest BCUT2D eigenvalue weighted by Gasteiger charge is 2.42. The van der Waals surface area contributed by atoms with Gasteiger partial charge < -0.3 is 30.3 Å². The summed E-state index contributed by atoms with van der Waals surface area (Å²) in [6.07, 6.45) is -3.20. The number of hydrogen-bond acceptors (Lipinski definition) is 6. The summed E-state index contributed by atoms with van der Waals surface area (Å²) >= 11 is 0. The minimum atomic E-state index is -5.08. The van der Waals surface area contributed by atoms with Gasteiger partial charge in [0.05, 0.1) is 25.3 Å². The molecule has 3 N–H and O–H groups in total. The number of hydrogen-bond donors (Lipinski definition) is 3. The van der Waals surface area contributed by atoms with E-state index in [9.17, 15) is 27.6 Å². The molecular formula is C33H51F3N4O6. The van der Waals surface area contributed by atoms with Gasteiger partial charge in [0.15, 0.2) is 0 Å². The van der Waals surface area contributed by atoms with Gasteiger partial charge in [-0.2, -0.15) is 13.2 Å². The molecule has 260 valence electrons. The average Bonchev–Trinajstić information content (AvgIpc) is 2.97. The molecule has 13 heteroatoms. The normalized spacial score (nSPS) is 16.5.